The molecule has 0 unspecified atom stereocenters. The number of hydrogen-bond donors (Lipinski definition) is 0. The van der Waals surface area contributed by atoms with Crippen molar-refractivity contribution in [1.29, 1.82) is 0 Å². The van der Waals surface area contributed by atoms with Gasteiger partial charge in [0.05, 0.1) is 11.1 Å². The third-order valence-electron chi connectivity index (χ3n) is 6.07. The van der Waals surface area contributed by atoms with Gasteiger partial charge >= 0.3 is 12.4 Å². The molecule has 0 saturated carbocycles. The number of hydrogen-bond acceptors (Lipinski definition) is 1. The zero-order valence-corrected chi connectivity index (χ0v) is 19.5. The van der Waals surface area contributed by atoms with Gasteiger partial charge in [-0.3, -0.25) is 4.90 Å². The Morgan fingerprint density at radius 3 is 2.09 bits per heavy atom. The van der Waals surface area contributed by atoms with Crippen molar-refractivity contribution < 1.29 is 26.3 Å². The Hall–Kier alpha value is -2.77. The minimum absolute atomic E-state index is 0. The second-order valence-electron chi connectivity index (χ2n) is 8.35. The van der Waals surface area contributed by atoms with Crippen LogP contribution in [0.15, 0.2) is 78.9 Å². The zero-order valence-electron chi connectivity index (χ0n) is 18.7. The van der Waals surface area contributed by atoms with Gasteiger partial charge in [0.2, 0.25) is 0 Å². The fourth-order valence-electron chi connectivity index (χ4n) is 4.19. The van der Waals surface area contributed by atoms with Gasteiger partial charge in [-0.2, -0.15) is 26.3 Å². The van der Waals surface area contributed by atoms with E-state index < -0.39 is 23.5 Å². The summed E-state index contributed by atoms with van der Waals surface area (Å²) in [5, 5.41) is 0. The summed E-state index contributed by atoms with van der Waals surface area (Å²) in [7, 11) is 0. The monoisotopic (exact) mass is 511 g/mol. The Labute approximate surface area is 206 Å². The lowest BCUT2D eigenvalue weighted by Crippen LogP contribution is -2.30. The highest BCUT2D eigenvalue weighted by atomic mass is 35.5. The van der Waals surface area contributed by atoms with Crippen molar-refractivity contribution in [1.82, 2.24) is 4.90 Å². The lowest BCUT2D eigenvalue weighted by atomic mass is 9.97. The Balaban J connectivity index is 0.00000342. The molecular weight excluding hydrogens is 488 g/mol. The van der Waals surface area contributed by atoms with Crippen LogP contribution in [0.25, 0.3) is 16.7 Å². The van der Waals surface area contributed by atoms with Gasteiger partial charge in [0.15, 0.2) is 0 Å². The van der Waals surface area contributed by atoms with Gasteiger partial charge in [-0.1, -0.05) is 60.7 Å². The fraction of sp³-hybridized carbons (Fsp3) is 0.259. The predicted octanol–water partition coefficient (Wildman–Crippen LogP) is 8.14. The molecule has 0 atom stereocenters. The molecule has 186 valence electrons. The van der Waals surface area contributed by atoms with Gasteiger partial charge in [-0.25, -0.2) is 0 Å². The second kappa shape index (κ2) is 10.9. The van der Waals surface area contributed by atoms with Crippen molar-refractivity contribution in [2.75, 3.05) is 19.6 Å². The normalized spacial score (nSPS) is 14.9. The summed E-state index contributed by atoms with van der Waals surface area (Å²) in [5.41, 5.74) is 1.90. The lowest BCUT2D eigenvalue weighted by Gasteiger charge is -2.26. The highest BCUT2D eigenvalue weighted by molar-refractivity contribution is 5.85. The predicted molar refractivity (Wildman–Crippen MR) is 128 cm³/mol. The van der Waals surface area contributed by atoms with Crippen molar-refractivity contribution in [3.05, 3.63) is 101 Å². The maximum absolute atomic E-state index is 13.3. The van der Waals surface area contributed by atoms with E-state index in [1.807, 2.05) is 18.2 Å². The van der Waals surface area contributed by atoms with Crippen molar-refractivity contribution in [3.8, 4) is 11.1 Å². The van der Waals surface area contributed by atoms with E-state index in [-0.39, 0.29) is 18.0 Å². The van der Waals surface area contributed by atoms with E-state index in [4.69, 9.17) is 0 Å². The molecule has 0 fully saturated rings. The van der Waals surface area contributed by atoms with Crippen molar-refractivity contribution in [3.63, 3.8) is 0 Å². The average molecular weight is 512 g/mol. The van der Waals surface area contributed by atoms with Crippen molar-refractivity contribution >= 4 is 18.0 Å². The van der Waals surface area contributed by atoms with Crippen LogP contribution in [-0.4, -0.2) is 24.5 Å². The van der Waals surface area contributed by atoms with Crippen molar-refractivity contribution in [2.45, 2.75) is 25.2 Å². The molecule has 1 heterocycles. The van der Waals surface area contributed by atoms with E-state index in [0.717, 1.165) is 42.8 Å². The van der Waals surface area contributed by atoms with Gasteiger partial charge in [0.25, 0.3) is 0 Å². The smallest absolute Gasteiger partial charge is 0.299 e. The Kier molecular flexibility index (Phi) is 8.34. The third-order valence-corrected chi connectivity index (χ3v) is 6.07. The summed E-state index contributed by atoms with van der Waals surface area (Å²) in [6, 6.07) is 18.0. The largest absolute Gasteiger partial charge is 0.417 e. The van der Waals surface area contributed by atoms with Crippen LogP contribution < -0.4 is 0 Å². The Morgan fingerprint density at radius 1 is 0.743 bits per heavy atom. The van der Waals surface area contributed by atoms with Crippen LogP contribution in [0.5, 0.6) is 0 Å². The minimum atomic E-state index is -4.41. The molecule has 1 nitrogen and oxygen atoms in total. The molecule has 0 radical (unpaired) electrons. The molecule has 0 N–H and O–H groups in total. The zero-order chi connectivity index (χ0) is 24.3. The Bertz CT molecular complexity index is 1170. The summed E-state index contributed by atoms with van der Waals surface area (Å²) in [4.78, 5) is 2.21. The quantitative estimate of drug-likeness (QED) is 0.312. The molecular formula is C27H24ClF6N. The molecule has 0 bridgehead atoms. The van der Waals surface area contributed by atoms with Crippen LogP contribution in [0.4, 0.5) is 26.3 Å². The summed E-state index contributed by atoms with van der Waals surface area (Å²) in [5.74, 6) is 0. The first kappa shape index (κ1) is 26.8. The fourth-order valence-corrected chi connectivity index (χ4v) is 4.19. The molecule has 0 aromatic heterocycles. The van der Waals surface area contributed by atoms with Crippen LogP contribution in [0, 0.1) is 0 Å². The maximum Gasteiger partial charge on any atom is 0.417 e. The van der Waals surface area contributed by atoms with Crippen LogP contribution >= 0.6 is 12.4 Å². The molecule has 3 aromatic carbocycles. The first-order valence-electron chi connectivity index (χ1n) is 11.0. The molecule has 0 amide bonds. The van der Waals surface area contributed by atoms with E-state index in [1.165, 1.54) is 24.3 Å². The van der Waals surface area contributed by atoms with Gasteiger partial charge in [-0.05, 0) is 58.9 Å². The van der Waals surface area contributed by atoms with Crippen molar-refractivity contribution in [2.24, 2.45) is 0 Å². The van der Waals surface area contributed by atoms with Crippen LogP contribution in [-0.2, 0) is 18.8 Å². The Morgan fingerprint density at radius 2 is 1.46 bits per heavy atom. The molecule has 0 spiro atoms. The summed E-state index contributed by atoms with van der Waals surface area (Å²) in [6.07, 6.45) is -5.41. The molecule has 35 heavy (non-hydrogen) atoms. The third kappa shape index (κ3) is 6.67. The van der Waals surface area contributed by atoms with Crippen LogP contribution in [0.3, 0.4) is 0 Å². The van der Waals surface area contributed by atoms with E-state index in [1.54, 1.807) is 24.3 Å². The number of rotatable bonds is 5. The number of halogens is 7. The summed E-state index contributed by atoms with van der Waals surface area (Å²) < 4.78 is 78.8. The van der Waals surface area contributed by atoms with Gasteiger partial charge < -0.3 is 0 Å². The molecule has 0 saturated heterocycles. The van der Waals surface area contributed by atoms with E-state index in [0.29, 0.717) is 24.1 Å². The standard InChI is InChI=1S/C27H23F6N.ClH/c28-26(29,30)23-5-3-4-22(18-23)20-13-16-34(17-14-20)15-12-19-8-10-21(11-9-19)24-6-1-2-7-25(24)27(31,32)33;/h1-11,13,18H,12,14-17H2;1H. The molecule has 0 aliphatic carbocycles. The SMILES string of the molecule is Cl.FC(F)(F)c1cccc(C2=CCN(CCc3ccc(-c4ccccc4C(F)(F)F)cc3)CC2)c1. The summed E-state index contributed by atoms with van der Waals surface area (Å²) >= 11 is 0. The van der Waals surface area contributed by atoms with Gasteiger partial charge in [0, 0.05) is 19.6 Å². The topological polar surface area (TPSA) is 3.24 Å². The van der Waals surface area contributed by atoms with Gasteiger partial charge in [0.1, 0.15) is 0 Å². The minimum Gasteiger partial charge on any atom is -0.299 e. The van der Waals surface area contributed by atoms with E-state index in [9.17, 15) is 26.3 Å². The van der Waals surface area contributed by atoms with Crippen LogP contribution in [0.2, 0.25) is 0 Å². The molecule has 3 aromatic rings. The average Bonchev–Trinajstić information content (AvgIpc) is 2.82. The first-order chi connectivity index (χ1) is 16.1. The number of nitrogens with zero attached hydrogens (tertiary/aromatic N) is 1. The van der Waals surface area contributed by atoms with E-state index in [2.05, 4.69) is 4.90 Å². The maximum atomic E-state index is 13.3. The molecule has 1 aliphatic heterocycles. The molecule has 1 aliphatic rings. The lowest BCUT2D eigenvalue weighted by molar-refractivity contribution is -0.138. The highest BCUT2D eigenvalue weighted by Gasteiger charge is 2.33. The molecule has 8 heteroatoms. The van der Waals surface area contributed by atoms with Gasteiger partial charge in [-0.15, -0.1) is 12.4 Å². The van der Waals surface area contributed by atoms with E-state index >= 15 is 0 Å². The second-order valence-corrected chi connectivity index (χ2v) is 8.35. The molecule has 4 rings (SSSR count). The number of benzene rings is 3. The first-order valence-corrected chi connectivity index (χ1v) is 11.0. The summed E-state index contributed by atoms with van der Waals surface area (Å²) in [6.45, 7) is 2.13. The number of alkyl halides is 6. The highest BCUT2D eigenvalue weighted by Crippen LogP contribution is 2.37. The van der Waals surface area contributed by atoms with Crippen LogP contribution in [0.1, 0.15) is 28.7 Å².